The van der Waals surface area contributed by atoms with Crippen LogP contribution in [0.4, 0.5) is 13.2 Å². The molecule has 0 radical (unpaired) electrons. The molecule has 1 atom stereocenters. The summed E-state index contributed by atoms with van der Waals surface area (Å²) >= 11 is 12.9. The van der Waals surface area contributed by atoms with Gasteiger partial charge in [-0.1, -0.05) is 28.4 Å². The molecule has 25 heavy (non-hydrogen) atoms. The Morgan fingerprint density at radius 3 is 2.40 bits per heavy atom. The van der Waals surface area contributed by atoms with E-state index >= 15 is 0 Å². The summed E-state index contributed by atoms with van der Waals surface area (Å²) in [5.41, 5.74) is -2.35. The summed E-state index contributed by atoms with van der Waals surface area (Å²) in [5, 5.41) is 12.8. The van der Waals surface area contributed by atoms with Crippen LogP contribution >= 0.6 is 34.5 Å². The van der Waals surface area contributed by atoms with Crippen LogP contribution in [0, 0.1) is 18.3 Å². The summed E-state index contributed by atoms with van der Waals surface area (Å²) in [6.45, 7) is 1.72. The predicted octanol–water partition coefficient (Wildman–Crippen LogP) is 5.82. The standard InChI is InChI=1S/C16H9Cl2F3N2OS/c1-8-9(7-22)2-14(25-8)13-6-15(24-23-13,16(19,20)21)10-3-11(17)5-12(18)4-10/h2-5H,6H2,1H3/t15-/m1/s1. The predicted molar refractivity (Wildman–Crippen MR) is 90.2 cm³/mol. The molecule has 3 nitrogen and oxygen atoms in total. The number of hydrogen-bond donors (Lipinski definition) is 0. The summed E-state index contributed by atoms with van der Waals surface area (Å²) in [7, 11) is 0. The van der Waals surface area contributed by atoms with E-state index in [1.807, 2.05) is 6.07 Å². The second-order valence-corrected chi connectivity index (χ2v) is 7.61. The number of thiophene rings is 1. The molecule has 0 fully saturated rings. The number of oxime groups is 1. The molecule has 2 heterocycles. The summed E-state index contributed by atoms with van der Waals surface area (Å²) in [6.07, 6.45) is -5.27. The molecule has 0 saturated heterocycles. The zero-order chi connectivity index (χ0) is 18.4. The van der Waals surface area contributed by atoms with Crippen LogP contribution in [0.15, 0.2) is 29.4 Å². The van der Waals surface area contributed by atoms with Crippen LogP contribution in [0.5, 0.6) is 0 Å². The van der Waals surface area contributed by atoms with E-state index in [9.17, 15) is 13.2 Å². The maximum absolute atomic E-state index is 13.9. The summed E-state index contributed by atoms with van der Waals surface area (Å²) < 4.78 is 41.6. The highest BCUT2D eigenvalue weighted by Gasteiger charge is 2.62. The number of hydrogen-bond acceptors (Lipinski definition) is 4. The molecule has 9 heteroatoms. The van der Waals surface area contributed by atoms with Crippen LogP contribution in [-0.4, -0.2) is 11.9 Å². The largest absolute Gasteiger partial charge is 0.435 e. The number of nitrogens with zero attached hydrogens (tertiary/aromatic N) is 2. The highest BCUT2D eigenvalue weighted by atomic mass is 35.5. The molecule has 3 rings (SSSR count). The fraction of sp³-hybridized carbons (Fsp3) is 0.250. The van der Waals surface area contributed by atoms with Gasteiger partial charge in [0.25, 0.3) is 5.60 Å². The number of aryl methyl sites for hydroxylation is 1. The van der Waals surface area contributed by atoms with E-state index in [1.54, 1.807) is 6.92 Å². The quantitative estimate of drug-likeness (QED) is 0.632. The van der Waals surface area contributed by atoms with Crippen LogP contribution in [0.25, 0.3) is 0 Å². The van der Waals surface area contributed by atoms with Gasteiger partial charge in [-0.25, -0.2) is 0 Å². The fourth-order valence-corrected chi connectivity index (χ4v) is 4.03. The van der Waals surface area contributed by atoms with E-state index in [0.29, 0.717) is 15.3 Å². The molecular weight excluding hydrogens is 396 g/mol. The van der Waals surface area contributed by atoms with Gasteiger partial charge in [-0.15, -0.1) is 11.3 Å². The van der Waals surface area contributed by atoms with E-state index in [4.69, 9.17) is 33.3 Å². The first-order valence-electron chi connectivity index (χ1n) is 6.95. The van der Waals surface area contributed by atoms with Crippen molar-refractivity contribution in [1.29, 1.82) is 5.26 Å². The SMILES string of the molecule is Cc1sc(C2=NO[C@](c3cc(Cl)cc(Cl)c3)(C(F)(F)F)C2)cc1C#N. The van der Waals surface area contributed by atoms with Crippen molar-refractivity contribution in [3.05, 3.63) is 55.2 Å². The van der Waals surface area contributed by atoms with Gasteiger partial charge >= 0.3 is 6.18 Å². The molecule has 0 amide bonds. The van der Waals surface area contributed by atoms with E-state index in [0.717, 1.165) is 0 Å². The van der Waals surface area contributed by atoms with Crippen molar-refractivity contribution in [3.8, 4) is 6.07 Å². The van der Waals surface area contributed by atoms with Gasteiger partial charge < -0.3 is 4.84 Å². The molecule has 1 aromatic carbocycles. The number of benzene rings is 1. The molecule has 2 aromatic rings. The lowest BCUT2D eigenvalue weighted by molar-refractivity contribution is -0.275. The first-order chi connectivity index (χ1) is 11.7. The van der Waals surface area contributed by atoms with E-state index in [2.05, 4.69) is 5.16 Å². The smallest absolute Gasteiger partial charge is 0.374 e. The Labute approximate surface area is 155 Å². The first kappa shape index (κ1) is 18.1. The Kier molecular flexibility index (Phi) is 4.48. The molecule has 0 unspecified atom stereocenters. The number of alkyl halides is 3. The van der Waals surface area contributed by atoms with Crippen molar-refractivity contribution in [2.24, 2.45) is 5.16 Å². The third-order valence-corrected chi connectivity index (χ3v) is 5.37. The summed E-state index contributed by atoms with van der Waals surface area (Å²) in [6, 6.07) is 7.18. The lowest BCUT2D eigenvalue weighted by Gasteiger charge is -2.29. The zero-order valence-electron chi connectivity index (χ0n) is 12.6. The van der Waals surface area contributed by atoms with E-state index in [1.165, 1.54) is 35.6 Å². The molecule has 0 N–H and O–H groups in total. The van der Waals surface area contributed by atoms with Crippen molar-refractivity contribution in [1.82, 2.24) is 0 Å². The molecule has 0 spiro atoms. The van der Waals surface area contributed by atoms with Gasteiger partial charge in [0.2, 0.25) is 0 Å². The van der Waals surface area contributed by atoms with Crippen molar-refractivity contribution in [2.45, 2.75) is 25.1 Å². The minimum atomic E-state index is -4.74. The Balaban J connectivity index is 2.05. The number of nitriles is 1. The maximum atomic E-state index is 13.9. The zero-order valence-corrected chi connectivity index (χ0v) is 14.9. The molecule has 0 aliphatic carbocycles. The van der Waals surface area contributed by atoms with Crippen LogP contribution in [-0.2, 0) is 10.4 Å². The van der Waals surface area contributed by atoms with Crippen LogP contribution in [0.1, 0.15) is 27.3 Å². The Hall–Kier alpha value is -1.75. The summed E-state index contributed by atoms with van der Waals surface area (Å²) in [4.78, 5) is 6.09. The number of rotatable bonds is 2. The fourth-order valence-electron chi connectivity index (χ4n) is 2.56. The maximum Gasteiger partial charge on any atom is 0.435 e. The lowest BCUT2D eigenvalue weighted by atomic mass is 9.88. The average Bonchev–Trinajstić information content (AvgIpc) is 3.10. The second kappa shape index (κ2) is 6.20. The number of halogens is 5. The summed E-state index contributed by atoms with van der Waals surface area (Å²) in [5.74, 6) is 0. The highest BCUT2D eigenvalue weighted by Crippen LogP contribution is 2.50. The van der Waals surface area contributed by atoms with Gasteiger partial charge in [-0.05, 0) is 31.2 Å². The Bertz CT molecular complexity index is 897. The van der Waals surface area contributed by atoms with Crippen LogP contribution in [0.2, 0.25) is 10.0 Å². The van der Waals surface area contributed by atoms with Gasteiger partial charge in [-0.2, -0.15) is 18.4 Å². The van der Waals surface area contributed by atoms with Gasteiger partial charge in [-0.3, -0.25) is 0 Å². The molecule has 0 bridgehead atoms. The molecule has 1 aromatic heterocycles. The van der Waals surface area contributed by atoms with Crippen LogP contribution < -0.4 is 0 Å². The normalized spacial score (nSPS) is 20.1. The van der Waals surface area contributed by atoms with E-state index in [-0.39, 0.29) is 21.3 Å². The molecule has 1 aliphatic heterocycles. The van der Waals surface area contributed by atoms with Crippen molar-refractivity contribution in [3.63, 3.8) is 0 Å². The molecule has 1 aliphatic rings. The monoisotopic (exact) mass is 404 g/mol. The highest BCUT2D eigenvalue weighted by molar-refractivity contribution is 7.14. The van der Waals surface area contributed by atoms with Gasteiger partial charge in [0.05, 0.1) is 16.9 Å². The third kappa shape index (κ3) is 3.10. The van der Waals surface area contributed by atoms with Crippen molar-refractivity contribution < 1.29 is 18.0 Å². The van der Waals surface area contributed by atoms with Gasteiger partial charge in [0, 0.05) is 20.5 Å². The van der Waals surface area contributed by atoms with E-state index < -0.39 is 18.2 Å². The van der Waals surface area contributed by atoms with Gasteiger partial charge in [0.1, 0.15) is 11.8 Å². The van der Waals surface area contributed by atoms with Crippen LogP contribution in [0.3, 0.4) is 0 Å². The first-order valence-corrected chi connectivity index (χ1v) is 8.53. The Morgan fingerprint density at radius 2 is 1.88 bits per heavy atom. The van der Waals surface area contributed by atoms with Gasteiger partial charge in [0.15, 0.2) is 0 Å². The lowest BCUT2D eigenvalue weighted by Crippen LogP contribution is -2.42. The molecule has 130 valence electrons. The second-order valence-electron chi connectivity index (χ2n) is 5.48. The van der Waals surface area contributed by atoms with Crippen molar-refractivity contribution >= 4 is 40.3 Å². The minimum Gasteiger partial charge on any atom is -0.374 e. The average molecular weight is 405 g/mol. The topological polar surface area (TPSA) is 45.4 Å². The molecular formula is C16H9Cl2F3N2OS. The minimum absolute atomic E-state index is 0.0712. The third-order valence-electron chi connectivity index (χ3n) is 3.84. The Morgan fingerprint density at radius 1 is 1.24 bits per heavy atom. The molecule has 0 saturated carbocycles. The van der Waals surface area contributed by atoms with Crippen molar-refractivity contribution in [2.75, 3.05) is 0 Å².